The number of fused-ring (bicyclic) bond motifs is 9. The van der Waals surface area contributed by atoms with Gasteiger partial charge in [-0.3, -0.25) is 0 Å². The van der Waals surface area contributed by atoms with E-state index < -0.39 is 0 Å². The number of para-hydroxylation sites is 4. The lowest BCUT2D eigenvalue weighted by Crippen LogP contribution is -2.15. The van der Waals surface area contributed by atoms with Gasteiger partial charge in [-0.05, 0) is 176 Å². The zero-order chi connectivity index (χ0) is 51.9. The second kappa shape index (κ2) is 18.1. The first-order chi connectivity index (χ1) is 38.4. The molecule has 0 saturated carbocycles. The van der Waals surface area contributed by atoms with Crippen LogP contribution in [0.5, 0.6) is 0 Å². The molecule has 78 heavy (non-hydrogen) atoms. The maximum atomic E-state index is 2.41. The van der Waals surface area contributed by atoms with E-state index in [1.165, 1.54) is 82.6 Å². The first-order valence-corrected chi connectivity index (χ1v) is 27.1. The third kappa shape index (κ3) is 7.42. The highest BCUT2D eigenvalue weighted by molar-refractivity contribution is 6.12. The molecule has 0 radical (unpaired) electrons. The Labute approximate surface area is 454 Å². The van der Waals surface area contributed by atoms with E-state index >= 15 is 0 Å². The topological polar surface area (TPSA) is 13.1 Å². The largest absolute Gasteiger partial charge is 0.310 e. The minimum Gasteiger partial charge on any atom is -0.310 e. The van der Waals surface area contributed by atoms with Crippen LogP contribution < -0.4 is 4.90 Å². The van der Waals surface area contributed by atoms with Crippen LogP contribution in [0.15, 0.2) is 285 Å². The fourth-order valence-electron chi connectivity index (χ4n) is 12.7. The number of rotatable bonds is 9. The molecular formula is C75H53N3. The van der Waals surface area contributed by atoms with Crippen molar-refractivity contribution in [3.8, 4) is 67.0 Å². The van der Waals surface area contributed by atoms with Gasteiger partial charge in [0, 0.05) is 55.4 Å². The summed E-state index contributed by atoms with van der Waals surface area (Å²) in [5.74, 6) is 0. The summed E-state index contributed by atoms with van der Waals surface area (Å²) in [6.07, 6.45) is 0. The Morgan fingerprint density at radius 1 is 0.256 bits per heavy atom. The van der Waals surface area contributed by atoms with Crippen LogP contribution in [0.25, 0.3) is 111 Å². The molecule has 15 rings (SSSR count). The maximum Gasteiger partial charge on any atom is 0.0547 e. The van der Waals surface area contributed by atoms with Gasteiger partial charge in [-0.15, -0.1) is 0 Å². The van der Waals surface area contributed by atoms with E-state index in [0.29, 0.717) is 0 Å². The number of nitrogens with zero attached hydrogens (tertiary/aromatic N) is 3. The van der Waals surface area contributed by atoms with Crippen molar-refractivity contribution in [2.45, 2.75) is 19.3 Å². The third-order valence-corrected chi connectivity index (χ3v) is 16.5. The quantitative estimate of drug-likeness (QED) is 0.140. The van der Waals surface area contributed by atoms with Crippen molar-refractivity contribution < 1.29 is 0 Å². The molecule has 14 aromatic rings. The molecule has 0 fully saturated rings. The monoisotopic (exact) mass is 995 g/mol. The van der Waals surface area contributed by atoms with Crippen LogP contribution in [-0.4, -0.2) is 9.13 Å². The first-order valence-electron chi connectivity index (χ1n) is 27.1. The number of aromatic nitrogens is 2. The van der Waals surface area contributed by atoms with Gasteiger partial charge in [0.25, 0.3) is 0 Å². The smallest absolute Gasteiger partial charge is 0.0547 e. The lowest BCUT2D eigenvalue weighted by atomic mass is 9.82. The lowest BCUT2D eigenvalue weighted by Gasteiger charge is -2.27. The van der Waals surface area contributed by atoms with E-state index in [1.807, 2.05) is 0 Å². The third-order valence-electron chi connectivity index (χ3n) is 16.5. The molecule has 0 bridgehead atoms. The highest BCUT2D eigenvalue weighted by atomic mass is 15.1. The van der Waals surface area contributed by atoms with Gasteiger partial charge in [0.05, 0.1) is 22.1 Å². The number of hydrogen-bond acceptors (Lipinski definition) is 1. The van der Waals surface area contributed by atoms with Crippen LogP contribution in [0.3, 0.4) is 0 Å². The van der Waals surface area contributed by atoms with Crippen molar-refractivity contribution in [2.75, 3.05) is 4.90 Å². The predicted octanol–water partition coefficient (Wildman–Crippen LogP) is 20.3. The standard InChI is InChI=1S/C75H53N3/c1-75(2)69-27-15-12-24-63(69)67-49-62(40-42-70(67)75)76(60-36-30-51(31-37-60)50-18-6-3-7-19-50)61-38-32-52(33-39-61)55-44-56(53-35-43-73-68(47-53)65-26-14-17-29-72(65)77(73)58-20-8-4-9-21-58)46-57(45-55)54-34-41-66-64-25-13-16-28-71(64)78(74(66)48-54)59-22-10-5-11-23-59/h3-49H,1-2H3. The van der Waals surface area contributed by atoms with Crippen LogP contribution >= 0.6 is 0 Å². The summed E-state index contributed by atoms with van der Waals surface area (Å²) in [6, 6.07) is 105. The average Bonchev–Trinajstić information content (AvgIpc) is 4.33. The predicted molar refractivity (Wildman–Crippen MR) is 329 cm³/mol. The van der Waals surface area contributed by atoms with E-state index in [9.17, 15) is 0 Å². The second-order valence-corrected chi connectivity index (χ2v) is 21.3. The van der Waals surface area contributed by atoms with Crippen molar-refractivity contribution in [3.63, 3.8) is 0 Å². The molecule has 0 spiro atoms. The summed E-state index contributed by atoms with van der Waals surface area (Å²) in [7, 11) is 0. The first kappa shape index (κ1) is 45.4. The Kier molecular flexibility index (Phi) is 10.6. The zero-order valence-corrected chi connectivity index (χ0v) is 43.5. The number of benzene rings is 12. The fourth-order valence-corrected chi connectivity index (χ4v) is 12.7. The summed E-state index contributed by atoms with van der Waals surface area (Å²) in [5.41, 5.74) is 25.0. The van der Waals surface area contributed by atoms with E-state index in [1.54, 1.807) is 0 Å². The highest BCUT2D eigenvalue weighted by Gasteiger charge is 2.35. The van der Waals surface area contributed by atoms with Crippen molar-refractivity contribution in [3.05, 3.63) is 296 Å². The average molecular weight is 996 g/mol. The molecule has 3 heteroatoms. The molecule has 0 unspecified atom stereocenters. The van der Waals surface area contributed by atoms with Crippen LogP contribution in [-0.2, 0) is 5.41 Å². The van der Waals surface area contributed by atoms with Gasteiger partial charge < -0.3 is 14.0 Å². The molecule has 1 aliphatic carbocycles. The maximum absolute atomic E-state index is 2.41. The summed E-state index contributed by atoms with van der Waals surface area (Å²) in [5, 5.41) is 4.95. The van der Waals surface area contributed by atoms with Crippen LogP contribution in [0.1, 0.15) is 25.0 Å². The molecule has 1 aliphatic rings. The van der Waals surface area contributed by atoms with Gasteiger partial charge in [-0.1, -0.05) is 190 Å². The van der Waals surface area contributed by atoms with Gasteiger partial charge in [0.2, 0.25) is 0 Å². The van der Waals surface area contributed by atoms with Crippen LogP contribution in [0.2, 0.25) is 0 Å². The molecule has 0 aliphatic heterocycles. The molecule has 12 aromatic carbocycles. The van der Waals surface area contributed by atoms with E-state index in [-0.39, 0.29) is 5.41 Å². The molecule has 0 saturated heterocycles. The summed E-state index contributed by atoms with van der Waals surface area (Å²) in [6.45, 7) is 4.70. The normalized spacial score (nSPS) is 12.6. The molecular weight excluding hydrogens is 943 g/mol. The summed E-state index contributed by atoms with van der Waals surface area (Å²) < 4.78 is 4.80. The molecule has 0 amide bonds. The van der Waals surface area contributed by atoms with Crippen molar-refractivity contribution in [2.24, 2.45) is 0 Å². The Hall–Kier alpha value is -9.96. The Bertz CT molecular complexity index is 4600. The van der Waals surface area contributed by atoms with Gasteiger partial charge >= 0.3 is 0 Å². The molecule has 0 N–H and O–H groups in total. The molecule has 0 atom stereocenters. The second-order valence-electron chi connectivity index (χ2n) is 21.3. The van der Waals surface area contributed by atoms with E-state index in [4.69, 9.17) is 0 Å². The van der Waals surface area contributed by atoms with E-state index in [2.05, 4.69) is 313 Å². The Morgan fingerprint density at radius 2 is 0.679 bits per heavy atom. The van der Waals surface area contributed by atoms with Gasteiger partial charge in [-0.25, -0.2) is 0 Å². The van der Waals surface area contributed by atoms with E-state index in [0.717, 1.165) is 56.3 Å². The lowest BCUT2D eigenvalue weighted by molar-refractivity contribution is 0.660. The van der Waals surface area contributed by atoms with Crippen LogP contribution in [0, 0.1) is 0 Å². The SMILES string of the molecule is CC1(C)c2ccccc2-c2cc(N(c3ccc(-c4ccccc4)cc3)c3ccc(-c4cc(-c5ccc6c(c5)c5ccccc5n6-c5ccccc5)cc(-c5ccc6c7ccccc7n(-c7ccccc7)c6c5)c4)cc3)ccc21. The Balaban J connectivity index is 0.893. The van der Waals surface area contributed by atoms with Gasteiger partial charge in [0.15, 0.2) is 0 Å². The number of anilines is 3. The highest BCUT2D eigenvalue weighted by Crippen LogP contribution is 2.51. The minimum absolute atomic E-state index is 0.0828. The summed E-state index contributed by atoms with van der Waals surface area (Å²) in [4.78, 5) is 2.41. The zero-order valence-electron chi connectivity index (χ0n) is 43.5. The Morgan fingerprint density at radius 3 is 1.32 bits per heavy atom. The number of hydrogen-bond donors (Lipinski definition) is 0. The fraction of sp³-hybridized carbons (Fsp3) is 0.0400. The van der Waals surface area contributed by atoms with Gasteiger partial charge in [0.1, 0.15) is 0 Å². The molecule has 3 nitrogen and oxygen atoms in total. The van der Waals surface area contributed by atoms with Crippen LogP contribution in [0.4, 0.5) is 17.1 Å². The van der Waals surface area contributed by atoms with Crippen molar-refractivity contribution in [1.82, 2.24) is 9.13 Å². The van der Waals surface area contributed by atoms with Crippen molar-refractivity contribution in [1.29, 1.82) is 0 Å². The minimum atomic E-state index is -0.0828. The van der Waals surface area contributed by atoms with Crippen molar-refractivity contribution >= 4 is 60.7 Å². The van der Waals surface area contributed by atoms with Gasteiger partial charge in [-0.2, -0.15) is 0 Å². The molecule has 2 heterocycles. The summed E-state index contributed by atoms with van der Waals surface area (Å²) >= 11 is 0. The molecule has 368 valence electrons. The molecule has 2 aromatic heterocycles.